The molecule has 0 spiro atoms. The fraction of sp³-hybridized carbons (Fsp3) is 0.318. The van der Waals surface area contributed by atoms with Crippen molar-refractivity contribution in [1.29, 1.82) is 0 Å². The number of amides is 1. The Labute approximate surface area is 173 Å². The zero-order chi connectivity index (χ0) is 21.3. The summed E-state index contributed by atoms with van der Waals surface area (Å²) in [5.41, 5.74) is 2.26. The molecule has 30 heavy (non-hydrogen) atoms. The second-order valence-electron chi connectivity index (χ2n) is 7.18. The molecule has 1 aromatic heterocycles. The summed E-state index contributed by atoms with van der Waals surface area (Å²) in [4.78, 5) is 37.5. The topological polar surface area (TPSA) is 91.6 Å². The third kappa shape index (κ3) is 3.56. The van der Waals surface area contributed by atoms with Crippen LogP contribution in [0.25, 0.3) is 11.0 Å². The van der Waals surface area contributed by atoms with Crippen molar-refractivity contribution in [1.82, 2.24) is 9.13 Å². The number of anilines is 1. The minimum Gasteiger partial charge on any atom is -0.454 e. The maximum Gasteiger partial charge on any atom is 0.329 e. The van der Waals surface area contributed by atoms with Crippen molar-refractivity contribution in [3.05, 3.63) is 52.4 Å². The Balaban J connectivity index is 1.55. The zero-order valence-corrected chi connectivity index (χ0v) is 16.9. The van der Waals surface area contributed by atoms with Gasteiger partial charge in [0.2, 0.25) is 12.7 Å². The average molecular weight is 409 g/mol. The van der Waals surface area contributed by atoms with E-state index in [1.54, 1.807) is 21.3 Å². The number of hydrogen-bond donors (Lipinski definition) is 1. The van der Waals surface area contributed by atoms with E-state index in [9.17, 15) is 14.4 Å². The normalized spacial score (nSPS) is 12.3. The molecule has 0 bridgehead atoms. The number of fused-ring (bicyclic) bond motifs is 2. The van der Waals surface area contributed by atoms with Crippen LogP contribution in [-0.4, -0.2) is 27.6 Å². The molecule has 8 heteroatoms. The predicted molar refractivity (Wildman–Crippen MR) is 112 cm³/mol. The molecule has 0 radical (unpaired) electrons. The lowest BCUT2D eigenvalue weighted by atomic mass is 10.1. The Morgan fingerprint density at radius 3 is 2.30 bits per heavy atom. The number of para-hydroxylation sites is 2. The molecule has 8 nitrogen and oxygen atoms in total. The average Bonchev–Trinajstić information content (AvgIpc) is 3.28. The summed E-state index contributed by atoms with van der Waals surface area (Å²) in [5.74, 6) is 0.473. The van der Waals surface area contributed by atoms with Gasteiger partial charge >= 0.3 is 5.69 Å². The third-order valence-electron chi connectivity index (χ3n) is 5.10. The molecule has 0 atom stereocenters. The molecular weight excluding hydrogens is 386 g/mol. The van der Waals surface area contributed by atoms with Crippen LogP contribution in [0.15, 0.2) is 41.2 Å². The van der Waals surface area contributed by atoms with E-state index in [1.807, 2.05) is 31.2 Å². The molecular formula is C22H23N3O5. The Morgan fingerprint density at radius 2 is 1.67 bits per heavy atom. The highest BCUT2D eigenvalue weighted by Crippen LogP contribution is 2.37. The molecule has 4 rings (SSSR count). The van der Waals surface area contributed by atoms with Crippen molar-refractivity contribution in [3.63, 3.8) is 0 Å². The van der Waals surface area contributed by atoms with Gasteiger partial charge in [-0.05, 0) is 31.5 Å². The van der Waals surface area contributed by atoms with Crippen LogP contribution in [0.2, 0.25) is 0 Å². The Kier molecular flexibility index (Phi) is 5.31. The van der Waals surface area contributed by atoms with Crippen LogP contribution >= 0.6 is 0 Å². The summed E-state index contributed by atoms with van der Waals surface area (Å²) in [6.07, 6.45) is 0.929. The van der Waals surface area contributed by atoms with Crippen LogP contribution in [0.5, 0.6) is 11.5 Å². The van der Waals surface area contributed by atoms with Gasteiger partial charge in [0.25, 0.3) is 0 Å². The van der Waals surface area contributed by atoms with Gasteiger partial charge in [0.1, 0.15) is 0 Å². The number of aromatic nitrogens is 2. The smallest absolute Gasteiger partial charge is 0.329 e. The van der Waals surface area contributed by atoms with Gasteiger partial charge in [0.15, 0.2) is 17.3 Å². The number of Topliss-reactive ketones (excluding diaryl/α,β-unsaturated/α-hetero) is 1. The van der Waals surface area contributed by atoms with Crippen molar-refractivity contribution < 1.29 is 19.1 Å². The van der Waals surface area contributed by atoms with E-state index in [-0.39, 0.29) is 37.1 Å². The number of ether oxygens (including phenoxy) is 2. The lowest BCUT2D eigenvalue weighted by Gasteiger charge is -2.11. The summed E-state index contributed by atoms with van der Waals surface area (Å²) < 4.78 is 14.0. The summed E-state index contributed by atoms with van der Waals surface area (Å²) in [6, 6.07) is 10.7. The fourth-order valence-electron chi connectivity index (χ4n) is 3.69. The summed E-state index contributed by atoms with van der Waals surface area (Å²) in [6.45, 7) is 4.38. The highest BCUT2D eigenvalue weighted by atomic mass is 16.7. The van der Waals surface area contributed by atoms with Crippen molar-refractivity contribution in [2.45, 2.75) is 39.8 Å². The molecule has 1 aliphatic rings. The van der Waals surface area contributed by atoms with Crippen LogP contribution in [-0.2, 0) is 17.9 Å². The van der Waals surface area contributed by atoms with Gasteiger partial charge < -0.3 is 14.8 Å². The molecule has 3 aromatic rings. The second-order valence-corrected chi connectivity index (χ2v) is 7.18. The van der Waals surface area contributed by atoms with Crippen molar-refractivity contribution >= 4 is 28.4 Å². The number of nitrogens with zero attached hydrogens (tertiary/aromatic N) is 2. The monoisotopic (exact) mass is 409 g/mol. The number of ketones is 1. The van der Waals surface area contributed by atoms with Crippen LogP contribution in [0.4, 0.5) is 5.69 Å². The molecule has 0 unspecified atom stereocenters. The fourth-order valence-corrected chi connectivity index (χ4v) is 3.69. The standard InChI is InChI=1S/C22H23N3O5/c1-3-9-24-17-6-4-5-7-18(17)25(22(24)28)10-8-21(27)23-16-12-20-19(29-13-30-20)11-15(16)14(2)26/h4-7,11-12H,3,8-10,13H2,1-2H3,(H,23,27). The lowest BCUT2D eigenvalue weighted by Crippen LogP contribution is -2.26. The molecule has 1 aliphatic heterocycles. The van der Waals surface area contributed by atoms with Crippen LogP contribution in [0, 0.1) is 0 Å². The van der Waals surface area contributed by atoms with E-state index in [1.165, 1.54) is 6.92 Å². The van der Waals surface area contributed by atoms with E-state index < -0.39 is 0 Å². The first-order valence-electron chi connectivity index (χ1n) is 9.92. The number of imidazole rings is 1. The number of benzene rings is 2. The van der Waals surface area contributed by atoms with Gasteiger partial charge in [-0.15, -0.1) is 0 Å². The molecule has 0 saturated heterocycles. The third-order valence-corrected chi connectivity index (χ3v) is 5.10. The summed E-state index contributed by atoms with van der Waals surface area (Å²) in [7, 11) is 0. The molecule has 1 N–H and O–H groups in total. The molecule has 0 saturated carbocycles. The lowest BCUT2D eigenvalue weighted by molar-refractivity contribution is -0.116. The predicted octanol–water partition coefficient (Wildman–Crippen LogP) is 3.17. The number of carbonyl (C=O) groups is 2. The van der Waals surface area contributed by atoms with E-state index in [0.717, 1.165) is 17.5 Å². The molecule has 0 fully saturated rings. The summed E-state index contributed by atoms with van der Waals surface area (Å²) in [5, 5.41) is 2.77. The SMILES string of the molecule is CCCn1c(=O)n(CCC(=O)Nc2cc3c(cc2C(C)=O)OCO3)c2ccccc21. The number of aryl methyl sites for hydroxylation is 2. The Hall–Kier alpha value is -3.55. The van der Waals surface area contributed by atoms with Gasteiger partial charge in [-0.3, -0.25) is 18.7 Å². The Bertz CT molecular complexity index is 1190. The van der Waals surface area contributed by atoms with Crippen LogP contribution in [0.1, 0.15) is 37.0 Å². The van der Waals surface area contributed by atoms with Gasteiger partial charge in [-0.25, -0.2) is 4.79 Å². The van der Waals surface area contributed by atoms with Crippen LogP contribution < -0.4 is 20.5 Å². The quantitative estimate of drug-likeness (QED) is 0.605. The maximum absolute atomic E-state index is 12.8. The van der Waals surface area contributed by atoms with E-state index in [4.69, 9.17) is 9.47 Å². The Morgan fingerprint density at radius 1 is 1.03 bits per heavy atom. The first-order chi connectivity index (χ1) is 14.5. The molecule has 0 aliphatic carbocycles. The van der Waals surface area contributed by atoms with Gasteiger partial charge in [-0.1, -0.05) is 19.1 Å². The first-order valence-corrected chi connectivity index (χ1v) is 9.92. The van der Waals surface area contributed by atoms with Crippen molar-refractivity contribution in [2.75, 3.05) is 12.1 Å². The van der Waals surface area contributed by atoms with Gasteiger partial charge in [-0.2, -0.15) is 0 Å². The molecule has 2 heterocycles. The first kappa shape index (κ1) is 19.8. The van der Waals surface area contributed by atoms with E-state index in [2.05, 4.69) is 5.32 Å². The largest absolute Gasteiger partial charge is 0.454 e. The van der Waals surface area contributed by atoms with Crippen molar-refractivity contribution in [3.8, 4) is 11.5 Å². The molecule has 156 valence electrons. The van der Waals surface area contributed by atoms with E-state index >= 15 is 0 Å². The zero-order valence-electron chi connectivity index (χ0n) is 16.9. The number of nitrogens with one attached hydrogen (secondary N) is 1. The summed E-state index contributed by atoms with van der Waals surface area (Å²) >= 11 is 0. The van der Waals surface area contributed by atoms with Gasteiger partial charge in [0.05, 0.1) is 16.7 Å². The van der Waals surface area contributed by atoms with Crippen molar-refractivity contribution in [2.24, 2.45) is 0 Å². The van der Waals surface area contributed by atoms with Gasteiger partial charge in [0, 0.05) is 31.1 Å². The highest BCUT2D eigenvalue weighted by Gasteiger charge is 2.21. The number of carbonyl (C=O) groups excluding carboxylic acids is 2. The highest BCUT2D eigenvalue weighted by molar-refractivity contribution is 6.04. The number of hydrogen-bond acceptors (Lipinski definition) is 5. The second kappa shape index (κ2) is 8.06. The number of rotatable bonds is 7. The van der Waals surface area contributed by atoms with E-state index in [0.29, 0.717) is 29.3 Å². The molecule has 2 aromatic carbocycles. The minimum absolute atomic E-state index is 0.0782. The molecule has 1 amide bonds. The minimum atomic E-state index is -0.296. The maximum atomic E-state index is 12.8. The van der Waals surface area contributed by atoms with Crippen LogP contribution in [0.3, 0.4) is 0 Å².